The van der Waals surface area contributed by atoms with Gasteiger partial charge >= 0.3 is 0 Å². The van der Waals surface area contributed by atoms with Crippen LogP contribution in [0.4, 0.5) is 23.1 Å². The first-order valence-corrected chi connectivity index (χ1v) is 24.2. The molecular formula is C49H57ClN10O8. The Morgan fingerprint density at radius 2 is 1.65 bits per heavy atom. The standard InChI is InChI=1S/C49H57ClN10O8/c1-28(2)59-38-7-4-30(20-29(38)21-40(47(59)66)67-26-42(62)51-3)53-43-37(50)25-52-48(55-43)57-15-10-33(11-16-57)68-34-22-32(23-34)56-17-12-49(13-18-56)14-19-58(27-49)31-5-6-35-36(24-31)46(65)60(45(35)64)39-8-9-41(61)54-44(39)63/h4-7,20-21,24-25,28,32-34,39H,8-19,22-23,26-27H2,1-3H3,(H,51,62)(H,52,53,55)(H,54,61,63)/t32?,34?,39-/m1/s1. The van der Waals surface area contributed by atoms with Crippen molar-refractivity contribution in [2.75, 3.05) is 68.0 Å². The molecular weight excluding hydrogens is 892 g/mol. The number of nitrogens with one attached hydrogen (secondary N) is 3. The van der Waals surface area contributed by atoms with E-state index in [1.54, 1.807) is 22.9 Å². The summed E-state index contributed by atoms with van der Waals surface area (Å²) < 4.78 is 13.9. The number of amides is 5. The van der Waals surface area contributed by atoms with Crippen LogP contribution in [0.15, 0.2) is 53.5 Å². The normalized spacial score (nSPS) is 23.1. The topological polar surface area (TPSA) is 201 Å². The van der Waals surface area contributed by atoms with Crippen LogP contribution >= 0.6 is 11.6 Å². The van der Waals surface area contributed by atoms with Crippen molar-refractivity contribution >= 4 is 75.2 Å². The van der Waals surface area contributed by atoms with Gasteiger partial charge in [-0.15, -0.1) is 0 Å². The van der Waals surface area contributed by atoms with Gasteiger partial charge in [0, 0.05) is 68.5 Å². The number of pyridine rings is 1. The second-order valence-electron chi connectivity index (χ2n) is 19.5. The van der Waals surface area contributed by atoms with Gasteiger partial charge in [0.15, 0.2) is 18.2 Å². The molecule has 4 saturated heterocycles. The highest BCUT2D eigenvalue weighted by molar-refractivity contribution is 6.33. The number of likely N-dealkylation sites (N-methyl/N-ethyl adjacent to an activating group) is 1. The smallest absolute Gasteiger partial charge is 0.293 e. The molecule has 358 valence electrons. The molecule has 5 aliphatic heterocycles. The van der Waals surface area contributed by atoms with Crippen molar-refractivity contribution in [3.63, 3.8) is 0 Å². The molecule has 5 fully saturated rings. The van der Waals surface area contributed by atoms with Gasteiger partial charge in [0.1, 0.15) is 11.1 Å². The van der Waals surface area contributed by atoms with Crippen molar-refractivity contribution in [1.82, 2.24) is 35.0 Å². The van der Waals surface area contributed by atoms with E-state index in [0.717, 1.165) is 106 Å². The highest BCUT2D eigenvalue weighted by atomic mass is 35.5. The minimum atomic E-state index is -0.973. The van der Waals surface area contributed by atoms with Crippen molar-refractivity contribution in [2.45, 2.75) is 102 Å². The Hall–Kier alpha value is -6.11. The van der Waals surface area contributed by atoms with E-state index in [1.165, 1.54) is 7.05 Å². The average Bonchev–Trinajstić information content (AvgIpc) is 3.84. The summed E-state index contributed by atoms with van der Waals surface area (Å²) in [6.07, 6.45) is 9.41. The number of aromatic nitrogens is 3. The van der Waals surface area contributed by atoms with Crippen LogP contribution in [0.5, 0.6) is 5.75 Å². The number of anilines is 4. The van der Waals surface area contributed by atoms with E-state index < -0.39 is 23.8 Å². The van der Waals surface area contributed by atoms with Crippen molar-refractivity contribution in [3.05, 3.63) is 75.2 Å². The van der Waals surface area contributed by atoms with E-state index in [2.05, 4.69) is 35.6 Å². The molecule has 1 atom stereocenters. The quantitative estimate of drug-likeness (QED) is 0.164. The maximum atomic E-state index is 13.5. The van der Waals surface area contributed by atoms with E-state index in [4.69, 9.17) is 26.1 Å². The molecule has 68 heavy (non-hydrogen) atoms. The van der Waals surface area contributed by atoms with Gasteiger partial charge in [0.25, 0.3) is 23.3 Å². The number of ether oxygens (including phenoxy) is 2. The summed E-state index contributed by atoms with van der Waals surface area (Å²) in [6.45, 7) is 8.99. The van der Waals surface area contributed by atoms with Crippen LogP contribution in [0.2, 0.25) is 5.02 Å². The highest BCUT2D eigenvalue weighted by Crippen LogP contribution is 2.45. The lowest BCUT2D eigenvalue weighted by molar-refractivity contribution is -0.136. The SMILES string of the molecule is CNC(=O)COc1cc2cc(Nc3nc(N4CCC(OC5CC(N6CCC7(CCN(c8ccc9c(c8)C(=O)N([C@@H]8CCC(=O)NC8=O)C9=O)C7)CC6)C5)CC4)ncc3Cl)ccc2n(C(C)C)c1=O. The summed E-state index contributed by atoms with van der Waals surface area (Å²) in [6, 6.07) is 12.1. The zero-order valence-corrected chi connectivity index (χ0v) is 39.3. The minimum Gasteiger partial charge on any atom is -0.478 e. The Kier molecular flexibility index (Phi) is 12.4. The third-order valence-corrected chi connectivity index (χ3v) is 15.2. The number of hydrogen-bond acceptors (Lipinski definition) is 14. The van der Waals surface area contributed by atoms with Gasteiger partial charge < -0.3 is 39.4 Å². The first kappa shape index (κ1) is 45.7. The molecule has 2 aromatic heterocycles. The predicted molar refractivity (Wildman–Crippen MR) is 255 cm³/mol. The van der Waals surface area contributed by atoms with Crippen LogP contribution in [0.3, 0.4) is 0 Å². The lowest BCUT2D eigenvalue weighted by Gasteiger charge is -2.49. The molecule has 0 radical (unpaired) electrons. The second-order valence-corrected chi connectivity index (χ2v) is 19.9. The molecule has 4 aromatic rings. The predicted octanol–water partition coefficient (Wildman–Crippen LogP) is 4.80. The second kappa shape index (κ2) is 18.4. The lowest BCUT2D eigenvalue weighted by atomic mass is 9.76. The fourth-order valence-electron chi connectivity index (χ4n) is 11.0. The Bertz CT molecular complexity index is 2740. The molecule has 2 aromatic carbocycles. The molecule has 1 aliphatic carbocycles. The summed E-state index contributed by atoms with van der Waals surface area (Å²) >= 11 is 6.61. The fraction of sp³-hybridized carbons (Fsp3) is 0.510. The van der Waals surface area contributed by atoms with Gasteiger partial charge in [-0.2, -0.15) is 4.98 Å². The van der Waals surface area contributed by atoms with Crippen molar-refractivity contribution in [1.29, 1.82) is 0 Å². The van der Waals surface area contributed by atoms with Gasteiger partial charge in [-0.05, 0) is 126 Å². The third-order valence-electron chi connectivity index (χ3n) is 14.9. The Morgan fingerprint density at radius 3 is 2.38 bits per heavy atom. The lowest BCUT2D eigenvalue weighted by Crippen LogP contribution is -2.54. The average molecular weight is 950 g/mol. The van der Waals surface area contributed by atoms with Crippen LogP contribution in [-0.2, 0) is 19.1 Å². The highest BCUT2D eigenvalue weighted by Gasteiger charge is 2.47. The molecule has 7 heterocycles. The van der Waals surface area contributed by atoms with Gasteiger partial charge in [0.2, 0.25) is 17.8 Å². The number of carbonyl (C=O) groups excluding carboxylic acids is 5. The number of nitrogens with zero attached hydrogens (tertiary/aromatic N) is 7. The summed E-state index contributed by atoms with van der Waals surface area (Å²) in [5, 5.41) is 9.23. The number of likely N-dealkylation sites (tertiary alicyclic amines) is 1. The minimum absolute atomic E-state index is 0.0917. The number of imide groups is 2. The summed E-state index contributed by atoms with van der Waals surface area (Å²) in [5.74, 6) is -1.14. The monoisotopic (exact) mass is 948 g/mol. The first-order chi connectivity index (χ1) is 32.8. The van der Waals surface area contributed by atoms with E-state index in [0.29, 0.717) is 39.6 Å². The zero-order chi connectivity index (χ0) is 47.4. The Morgan fingerprint density at radius 1 is 0.897 bits per heavy atom. The molecule has 18 nitrogen and oxygen atoms in total. The number of hydrogen-bond donors (Lipinski definition) is 3. The molecule has 0 bridgehead atoms. The number of benzene rings is 2. The molecule has 5 amide bonds. The van der Waals surface area contributed by atoms with E-state index in [-0.39, 0.29) is 66.2 Å². The number of rotatable bonds is 12. The van der Waals surface area contributed by atoms with E-state index in [9.17, 15) is 28.8 Å². The molecule has 10 rings (SSSR count). The van der Waals surface area contributed by atoms with E-state index in [1.807, 2.05) is 44.2 Å². The molecule has 6 aliphatic rings. The van der Waals surface area contributed by atoms with Gasteiger partial charge in [0.05, 0.1) is 35.0 Å². The van der Waals surface area contributed by atoms with Gasteiger partial charge in [-0.25, -0.2) is 4.98 Å². The maximum Gasteiger partial charge on any atom is 0.293 e. The Labute approximate surface area is 398 Å². The third kappa shape index (κ3) is 8.77. The van der Waals surface area contributed by atoms with Crippen LogP contribution in [-0.4, -0.2) is 131 Å². The summed E-state index contributed by atoms with van der Waals surface area (Å²) in [5.41, 5.74) is 2.90. The first-order valence-electron chi connectivity index (χ1n) is 23.8. The van der Waals surface area contributed by atoms with E-state index >= 15 is 0 Å². The van der Waals surface area contributed by atoms with Crippen LogP contribution < -0.4 is 36.0 Å². The van der Waals surface area contributed by atoms with Crippen molar-refractivity contribution in [3.8, 4) is 5.75 Å². The van der Waals surface area contributed by atoms with Gasteiger partial charge in [-0.1, -0.05) is 11.6 Å². The molecule has 1 saturated carbocycles. The Balaban J connectivity index is 0.684. The fourth-order valence-corrected chi connectivity index (χ4v) is 11.1. The van der Waals surface area contributed by atoms with Crippen LogP contribution in [0, 0.1) is 5.41 Å². The number of halogens is 1. The number of fused-ring (bicyclic) bond motifs is 2. The molecule has 1 spiro atoms. The largest absolute Gasteiger partial charge is 0.478 e. The summed E-state index contributed by atoms with van der Waals surface area (Å²) in [7, 11) is 1.51. The number of piperidine rings is 3. The molecule has 3 N–H and O–H groups in total. The number of carbonyl (C=O) groups is 5. The molecule has 19 heteroatoms. The van der Waals surface area contributed by atoms with Crippen molar-refractivity contribution < 1.29 is 33.4 Å². The summed E-state index contributed by atoms with van der Waals surface area (Å²) in [4.78, 5) is 93.6. The zero-order valence-electron chi connectivity index (χ0n) is 38.6. The van der Waals surface area contributed by atoms with Crippen LogP contribution in [0.25, 0.3) is 10.9 Å². The molecule has 0 unspecified atom stereocenters. The van der Waals surface area contributed by atoms with Crippen molar-refractivity contribution in [2.24, 2.45) is 5.41 Å². The van der Waals surface area contributed by atoms with Gasteiger partial charge in [-0.3, -0.25) is 39.0 Å². The maximum absolute atomic E-state index is 13.5. The van der Waals surface area contributed by atoms with Crippen LogP contribution in [0.1, 0.15) is 98.4 Å².